The number of H-pyrrole nitrogens is 1. The number of carbonyl (C=O) groups excluding carboxylic acids is 1. The molecule has 0 aliphatic carbocycles. The maximum absolute atomic E-state index is 13.9. The summed E-state index contributed by atoms with van der Waals surface area (Å²) in [4.78, 5) is 45.6. The number of piperidine rings is 1. The Kier molecular flexibility index (Phi) is 5.13. The lowest BCUT2D eigenvalue weighted by Crippen LogP contribution is -2.38. The van der Waals surface area contributed by atoms with E-state index in [1.54, 1.807) is 27.8 Å². The van der Waals surface area contributed by atoms with Gasteiger partial charge in [-0.05, 0) is 48.7 Å². The summed E-state index contributed by atoms with van der Waals surface area (Å²) < 4.78 is 15.7. The van der Waals surface area contributed by atoms with E-state index in [1.807, 2.05) is 26.0 Å². The summed E-state index contributed by atoms with van der Waals surface area (Å²) >= 11 is 0. The highest BCUT2D eigenvalue weighted by Gasteiger charge is 2.39. The average Bonchev–Trinajstić information content (AvgIpc) is 3.36. The molecule has 2 aliphatic heterocycles. The molecule has 0 unspecified atom stereocenters. The van der Waals surface area contributed by atoms with E-state index in [0.29, 0.717) is 42.5 Å². The molecule has 0 bridgehead atoms. The van der Waals surface area contributed by atoms with Crippen LogP contribution < -0.4 is 15.5 Å². The van der Waals surface area contributed by atoms with Crippen molar-refractivity contribution in [1.29, 1.82) is 0 Å². The van der Waals surface area contributed by atoms with Gasteiger partial charge in [-0.1, -0.05) is 13.8 Å². The molecule has 0 spiro atoms. The molecule has 4 aromatic rings. The standard InChI is InChI=1S/C26H26FN7O2/c1-26(2)14-33(20-6-5-16(27)12-18(20)26)24(35)19-13-22(30-15-29-19)32-10-7-17(8-11-32)34-21-4-3-9-28-23(21)31-25(34)36/h3-6,9,12-13,15,17H,7-8,10-11,14H2,1-2H3,(H,28,31,36). The first-order chi connectivity index (χ1) is 17.3. The Morgan fingerprint density at radius 3 is 2.72 bits per heavy atom. The number of aromatic amines is 1. The van der Waals surface area contributed by atoms with E-state index < -0.39 is 0 Å². The van der Waals surface area contributed by atoms with Gasteiger partial charge in [0.1, 0.15) is 23.7 Å². The number of carbonyl (C=O) groups is 1. The molecule has 1 N–H and O–H groups in total. The van der Waals surface area contributed by atoms with Crippen molar-refractivity contribution in [1.82, 2.24) is 24.5 Å². The summed E-state index contributed by atoms with van der Waals surface area (Å²) in [7, 11) is 0. The highest BCUT2D eigenvalue weighted by atomic mass is 19.1. The second-order valence-corrected chi connectivity index (χ2v) is 10.1. The number of halogens is 1. The topological polar surface area (TPSA) is 100 Å². The number of rotatable bonds is 3. The summed E-state index contributed by atoms with van der Waals surface area (Å²) in [5, 5.41) is 0. The number of nitrogens with one attached hydrogen (secondary N) is 1. The summed E-state index contributed by atoms with van der Waals surface area (Å²) in [5.74, 6) is 0.136. The van der Waals surface area contributed by atoms with Gasteiger partial charge >= 0.3 is 5.69 Å². The van der Waals surface area contributed by atoms with E-state index in [-0.39, 0.29) is 28.9 Å². The van der Waals surface area contributed by atoms with Crippen LogP contribution in [-0.4, -0.2) is 50.0 Å². The third-order valence-corrected chi connectivity index (χ3v) is 7.29. The number of anilines is 2. The Bertz CT molecular complexity index is 1530. The molecule has 0 atom stereocenters. The third kappa shape index (κ3) is 3.64. The van der Waals surface area contributed by atoms with Crippen LogP contribution in [0.1, 0.15) is 48.8 Å². The van der Waals surface area contributed by atoms with Crippen LogP contribution in [0.15, 0.2) is 53.7 Å². The monoisotopic (exact) mass is 487 g/mol. The Morgan fingerprint density at radius 1 is 1.11 bits per heavy atom. The van der Waals surface area contributed by atoms with Gasteiger partial charge in [-0.15, -0.1) is 0 Å². The number of amides is 1. The molecule has 36 heavy (non-hydrogen) atoms. The van der Waals surface area contributed by atoms with Gasteiger partial charge in [0.15, 0.2) is 5.65 Å². The second-order valence-electron chi connectivity index (χ2n) is 10.1. The van der Waals surface area contributed by atoms with Crippen LogP contribution in [-0.2, 0) is 5.41 Å². The quantitative estimate of drug-likeness (QED) is 0.475. The number of benzene rings is 1. The molecule has 0 saturated carbocycles. The SMILES string of the molecule is CC1(C)CN(C(=O)c2cc(N3CCC(n4c(=O)[nH]c5ncccc54)CC3)ncn2)c2ccc(F)cc21. The van der Waals surface area contributed by atoms with Crippen LogP contribution >= 0.6 is 0 Å². The first-order valence-corrected chi connectivity index (χ1v) is 12.1. The summed E-state index contributed by atoms with van der Waals surface area (Å²) in [5.41, 5.74) is 2.73. The van der Waals surface area contributed by atoms with Gasteiger partial charge in [0.05, 0.1) is 5.52 Å². The molecule has 1 amide bonds. The van der Waals surface area contributed by atoms with Crippen LogP contribution in [0.25, 0.3) is 11.2 Å². The number of hydrogen-bond donors (Lipinski definition) is 1. The van der Waals surface area contributed by atoms with Gasteiger partial charge in [0.25, 0.3) is 5.91 Å². The van der Waals surface area contributed by atoms with E-state index in [4.69, 9.17) is 0 Å². The lowest BCUT2D eigenvalue weighted by atomic mass is 9.87. The third-order valence-electron chi connectivity index (χ3n) is 7.29. The van der Waals surface area contributed by atoms with Gasteiger partial charge in [0, 0.05) is 49.0 Å². The van der Waals surface area contributed by atoms with Gasteiger partial charge in [-0.2, -0.15) is 0 Å². The Balaban J connectivity index is 1.21. The molecule has 2 aliphatic rings. The van der Waals surface area contributed by atoms with E-state index in [0.717, 1.165) is 23.9 Å². The molecular formula is C26H26FN7O2. The molecule has 6 rings (SSSR count). The highest BCUT2D eigenvalue weighted by Crippen LogP contribution is 2.41. The summed E-state index contributed by atoms with van der Waals surface area (Å²) in [6.45, 7) is 5.83. The Morgan fingerprint density at radius 2 is 1.92 bits per heavy atom. The smallest absolute Gasteiger partial charge is 0.327 e. The number of imidazole rings is 1. The van der Waals surface area contributed by atoms with Crippen molar-refractivity contribution in [2.75, 3.05) is 29.4 Å². The van der Waals surface area contributed by atoms with Crippen molar-refractivity contribution >= 4 is 28.6 Å². The van der Waals surface area contributed by atoms with E-state index in [9.17, 15) is 14.0 Å². The normalized spacial score (nSPS) is 17.5. The molecule has 1 fully saturated rings. The van der Waals surface area contributed by atoms with Crippen molar-refractivity contribution in [3.8, 4) is 0 Å². The average molecular weight is 488 g/mol. The van der Waals surface area contributed by atoms with Crippen LogP contribution in [0.4, 0.5) is 15.9 Å². The van der Waals surface area contributed by atoms with Gasteiger partial charge in [-0.25, -0.2) is 24.1 Å². The molecule has 10 heteroatoms. The number of hydrogen-bond acceptors (Lipinski definition) is 6. The zero-order valence-electron chi connectivity index (χ0n) is 20.1. The number of aromatic nitrogens is 5. The van der Waals surface area contributed by atoms with Crippen molar-refractivity contribution in [2.45, 2.75) is 38.1 Å². The van der Waals surface area contributed by atoms with E-state index in [1.165, 1.54) is 18.5 Å². The van der Waals surface area contributed by atoms with Crippen molar-refractivity contribution in [3.05, 3.63) is 76.5 Å². The van der Waals surface area contributed by atoms with Gasteiger partial charge in [-0.3, -0.25) is 14.3 Å². The first kappa shape index (κ1) is 22.4. The predicted octanol–water partition coefficient (Wildman–Crippen LogP) is 3.43. The minimum atomic E-state index is -0.360. The number of fused-ring (bicyclic) bond motifs is 2. The molecule has 5 heterocycles. The van der Waals surface area contributed by atoms with Crippen LogP contribution in [0.5, 0.6) is 0 Å². The molecule has 1 saturated heterocycles. The minimum absolute atomic E-state index is 0.0540. The van der Waals surface area contributed by atoms with Crippen molar-refractivity contribution in [2.24, 2.45) is 0 Å². The van der Waals surface area contributed by atoms with Gasteiger partial charge < -0.3 is 9.80 Å². The summed E-state index contributed by atoms with van der Waals surface area (Å²) in [6.07, 6.45) is 4.60. The zero-order chi connectivity index (χ0) is 25.0. The van der Waals surface area contributed by atoms with Crippen LogP contribution in [0, 0.1) is 5.82 Å². The number of pyridine rings is 1. The second kappa shape index (κ2) is 8.25. The summed E-state index contributed by atoms with van der Waals surface area (Å²) in [6, 6.07) is 10.1. The predicted molar refractivity (Wildman–Crippen MR) is 134 cm³/mol. The molecule has 3 aromatic heterocycles. The Hall–Kier alpha value is -4.08. The minimum Gasteiger partial charge on any atom is -0.356 e. The maximum Gasteiger partial charge on any atom is 0.327 e. The Labute approximate surface area is 206 Å². The fourth-order valence-electron chi connectivity index (χ4n) is 5.48. The largest absolute Gasteiger partial charge is 0.356 e. The fraction of sp³-hybridized carbons (Fsp3) is 0.346. The lowest BCUT2D eigenvalue weighted by Gasteiger charge is -2.33. The van der Waals surface area contributed by atoms with E-state index in [2.05, 4.69) is 24.8 Å². The number of nitrogens with zero attached hydrogens (tertiary/aromatic N) is 6. The lowest BCUT2D eigenvalue weighted by molar-refractivity contribution is 0.0981. The zero-order valence-corrected chi connectivity index (χ0v) is 20.1. The van der Waals surface area contributed by atoms with E-state index >= 15 is 0 Å². The molecule has 9 nitrogen and oxygen atoms in total. The van der Waals surface area contributed by atoms with Gasteiger partial charge in [0.2, 0.25) is 0 Å². The maximum atomic E-state index is 13.9. The highest BCUT2D eigenvalue weighted by molar-refractivity contribution is 6.06. The first-order valence-electron chi connectivity index (χ1n) is 12.1. The van der Waals surface area contributed by atoms with Crippen molar-refractivity contribution in [3.63, 3.8) is 0 Å². The molecule has 0 radical (unpaired) electrons. The molecular weight excluding hydrogens is 461 g/mol. The van der Waals surface area contributed by atoms with Crippen molar-refractivity contribution < 1.29 is 9.18 Å². The van der Waals surface area contributed by atoms with Crippen LogP contribution in [0.3, 0.4) is 0 Å². The fourth-order valence-corrected chi connectivity index (χ4v) is 5.48. The molecule has 184 valence electrons. The van der Waals surface area contributed by atoms with Crippen LogP contribution in [0.2, 0.25) is 0 Å². The molecule has 1 aromatic carbocycles.